The second-order valence-electron chi connectivity index (χ2n) is 0.531. The van der Waals surface area contributed by atoms with E-state index in [0.29, 0.717) is 0 Å². The zero-order chi connectivity index (χ0) is 8.57. The first-order valence-electron chi connectivity index (χ1n) is 1.32. The number of hydrogen-bond acceptors (Lipinski definition) is 2. The van der Waals surface area contributed by atoms with Gasteiger partial charge in [0.05, 0.1) is 0 Å². The van der Waals surface area contributed by atoms with E-state index in [1.165, 1.54) is 0 Å². The fraction of sp³-hybridized carbons (Fsp3) is 0. The summed E-state index contributed by atoms with van der Waals surface area (Å²) in [6.07, 6.45) is 0. The van der Waals surface area contributed by atoms with Crippen molar-refractivity contribution in [1.29, 1.82) is 0 Å². The second kappa shape index (κ2) is 13.1. The smallest absolute Gasteiger partial charge is 0.116 e. The maximum absolute atomic E-state index is 10.2. The van der Waals surface area contributed by atoms with E-state index in [1.54, 1.807) is 0 Å². The minimum atomic E-state index is -3.36. The summed E-state index contributed by atoms with van der Waals surface area (Å²) in [5.74, 6) is 0. The number of rotatable bonds is 0. The normalized spacial score (nSPS) is 8.00. The van der Waals surface area contributed by atoms with Crippen LogP contribution in [0.3, 0.4) is 0 Å². The molecule has 0 aromatic heterocycles. The zero-order valence-electron chi connectivity index (χ0n) is 4.98. The molecule has 0 fully saturated rings. The molecule has 0 aliphatic carbocycles. The molecule has 0 N–H and O–H groups in total. The van der Waals surface area contributed by atoms with Crippen molar-refractivity contribution >= 4 is 41.8 Å². The van der Waals surface area contributed by atoms with Gasteiger partial charge in [0.1, 0.15) is 0 Å². The van der Waals surface area contributed by atoms with E-state index in [4.69, 9.17) is 0 Å². The van der Waals surface area contributed by atoms with Crippen LogP contribution in [0.15, 0.2) is 9.17 Å². The molecule has 1 radical (unpaired) electrons. The summed E-state index contributed by atoms with van der Waals surface area (Å²) < 4.78 is 63.2. The molecule has 0 rings (SSSR count). The topological polar surface area (TPSA) is 24.7 Å². The van der Waals surface area contributed by atoms with Crippen molar-refractivity contribution in [3.8, 4) is 0 Å². The molecule has 0 aromatic rings. The Kier molecular flexibility index (Phi) is 20.9. The third-order valence-electron chi connectivity index (χ3n) is 0.104. The molecule has 0 atom stereocenters. The third kappa shape index (κ3) is 37.6. The largest absolute Gasteiger partial charge is 0.293 e. The van der Waals surface area contributed by atoms with E-state index in [1.807, 2.05) is 0 Å². The fourth-order valence-corrected chi connectivity index (χ4v) is 0. The van der Waals surface area contributed by atoms with Gasteiger partial charge in [0.25, 0.3) is 22.9 Å². The van der Waals surface area contributed by atoms with Gasteiger partial charge in [-0.05, 0) is 0 Å². The Bertz CT molecular complexity index is 111. The molecule has 11 heavy (non-hydrogen) atoms. The zero-order valence-corrected chi connectivity index (χ0v) is 6.61. The molecule has 0 saturated heterocycles. The van der Waals surface area contributed by atoms with E-state index >= 15 is 0 Å². The van der Waals surface area contributed by atoms with Gasteiger partial charge in [-0.25, -0.2) is 0 Å². The quantitative estimate of drug-likeness (QED) is 0.436. The summed E-state index contributed by atoms with van der Waals surface area (Å²) in [6, 6.07) is 0. The summed E-state index contributed by atoms with van der Waals surface area (Å²) in [5, 5.41) is 0. The maximum Gasteiger partial charge on any atom is 0.293 e. The van der Waals surface area contributed by atoms with E-state index in [2.05, 4.69) is 0 Å². The van der Waals surface area contributed by atoms with Gasteiger partial charge < -0.3 is 0 Å². The van der Waals surface area contributed by atoms with Crippen LogP contribution in [-0.2, 0) is 22.9 Å². The average Bonchev–Trinajstić information content (AvgIpc) is 1.89. The minimum absolute atomic E-state index is 0. The molecule has 0 spiro atoms. The van der Waals surface area contributed by atoms with Crippen LogP contribution in [0.25, 0.3) is 0 Å². The molecule has 0 aliphatic heterocycles. The number of nitrogens with zero attached hydrogens (tertiary/aromatic N) is 2. The van der Waals surface area contributed by atoms with Crippen LogP contribution in [0.4, 0.5) is 24.5 Å². The summed E-state index contributed by atoms with van der Waals surface area (Å²) >= 11 is -6.73. The van der Waals surface area contributed by atoms with Gasteiger partial charge in [0.15, 0.2) is 0 Å². The van der Waals surface area contributed by atoms with Crippen molar-refractivity contribution in [3.05, 3.63) is 0 Å². The third-order valence-corrected chi connectivity index (χ3v) is 0.313. The summed E-state index contributed by atoms with van der Waals surface area (Å²) in [7, 11) is 0. The van der Waals surface area contributed by atoms with Gasteiger partial charge in [-0.2, -0.15) is 0 Å². The molecule has 0 aromatic carbocycles. The van der Waals surface area contributed by atoms with E-state index in [-0.39, 0.29) is 18.9 Å². The SMILES string of the molecule is FN=S(F)F.FN=S(F)F.[Li]. The molecule has 65 valence electrons. The van der Waals surface area contributed by atoms with E-state index in [9.17, 15) is 24.5 Å². The predicted molar refractivity (Wildman–Crippen MR) is 32.0 cm³/mol. The van der Waals surface area contributed by atoms with E-state index < -0.39 is 22.9 Å². The summed E-state index contributed by atoms with van der Waals surface area (Å²) in [4.78, 5) is 0. The number of hydrogen-bond donors (Lipinski definition) is 0. The standard InChI is InChI=1S/2F3NS.Li/c2*1-4-5(2)3;. The van der Waals surface area contributed by atoms with Crippen molar-refractivity contribution in [3.63, 3.8) is 0 Å². The second-order valence-corrected chi connectivity index (χ2v) is 1.59. The Morgan fingerprint density at radius 3 is 0.818 bits per heavy atom. The summed E-state index contributed by atoms with van der Waals surface area (Å²) in [6.45, 7) is 0. The van der Waals surface area contributed by atoms with Crippen LogP contribution < -0.4 is 0 Å². The van der Waals surface area contributed by atoms with Crippen LogP contribution in [0.1, 0.15) is 0 Å². The van der Waals surface area contributed by atoms with Gasteiger partial charge in [0.2, 0.25) is 0 Å². The molecule has 11 heteroatoms. The van der Waals surface area contributed by atoms with Gasteiger partial charge in [-0.15, -0.1) is 15.5 Å². The van der Waals surface area contributed by atoms with Crippen LogP contribution in [0.2, 0.25) is 0 Å². The molecule has 0 unspecified atom stereocenters. The average molecular weight is 213 g/mol. The molecule has 0 amide bonds. The predicted octanol–water partition coefficient (Wildman–Crippen LogP) is 2.50. The Morgan fingerprint density at radius 1 is 0.727 bits per heavy atom. The van der Waals surface area contributed by atoms with Crippen LogP contribution in [0.5, 0.6) is 0 Å². The van der Waals surface area contributed by atoms with Crippen LogP contribution in [0, 0.1) is 0 Å². The molecule has 0 aliphatic rings. The monoisotopic (exact) mass is 213 g/mol. The van der Waals surface area contributed by atoms with Gasteiger partial charge >= 0.3 is 0 Å². The van der Waals surface area contributed by atoms with E-state index in [0.717, 1.165) is 9.17 Å². The van der Waals surface area contributed by atoms with Crippen LogP contribution in [-0.4, -0.2) is 18.9 Å². The molecule has 0 saturated carbocycles. The molecule has 2 nitrogen and oxygen atoms in total. The molecule has 0 heterocycles. The first kappa shape index (κ1) is 17.5. The van der Waals surface area contributed by atoms with Gasteiger partial charge in [-0.3, -0.25) is 0 Å². The van der Waals surface area contributed by atoms with Crippen LogP contribution >= 0.6 is 0 Å². The van der Waals surface area contributed by atoms with Crippen molar-refractivity contribution < 1.29 is 24.5 Å². The Balaban J connectivity index is -0.000000107. The Hall–Kier alpha value is 0.477. The Labute approximate surface area is 75.8 Å². The first-order valence-corrected chi connectivity index (χ1v) is 3.29. The fourth-order valence-electron chi connectivity index (χ4n) is 0. The Morgan fingerprint density at radius 2 is 0.818 bits per heavy atom. The van der Waals surface area contributed by atoms with Crippen molar-refractivity contribution in [2.45, 2.75) is 0 Å². The number of halogens is 6. The maximum atomic E-state index is 10.2. The minimum Gasteiger partial charge on any atom is -0.116 e. The first-order chi connectivity index (χ1) is 4.54. The molecular formula is F6LiN2S2. The van der Waals surface area contributed by atoms with Crippen molar-refractivity contribution in [1.82, 2.24) is 0 Å². The summed E-state index contributed by atoms with van der Waals surface area (Å²) in [5.41, 5.74) is 0. The molecular weight excluding hydrogens is 213 g/mol. The van der Waals surface area contributed by atoms with Crippen molar-refractivity contribution in [2.75, 3.05) is 0 Å². The van der Waals surface area contributed by atoms with Crippen molar-refractivity contribution in [2.24, 2.45) is 9.17 Å². The molecule has 0 bridgehead atoms. The van der Waals surface area contributed by atoms with Gasteiger partial charge in [-0.1, -0.05) is 8.96 Å². The van der Waals surface area contributed by atoms with Gasteiger partial charge in [0, 0.05) is 28.0 Å².